The van der Waals surface area contributed by atoms with Crippen molar-refractivity contribution in [1.82, 2.24) is 9.55 Å². The fourth-order valence-corrected chi connectivity index (χ4v) is 4.57. The second kappa shape index (κ2) is 9.02. The first-order chi connectivity index (χ1) is 16.8. The van der Waals surface area contributed by atoms with Crippen LogP contribution in [0.5, 0.6) is 6.01 Å². The molecule has 6 rings (SSSR count). The number of aromatic nitrogens is 2. The van der Waals surface area contributed by atoms with Gasteiger partial charge in [-0.25, -0.2) is 4.57 Å². The van der Waals surface area contributed by atoms with Crippen molar-refractivity contribution in [3.05, 3.63) is 106 Å². The molecule has 4 atom stereocenters. The molecule has 7 heteroatoms. The third-order valence-corrected chi connectivity index (χ3v) is 6.24. The van der Waals surface area contributed by atoms with E-state index < -0.39 is 24.5 Å². The van der Waals surface area contributed by atoms with Crippen molar-refractivity contribution >= 4 is 10.9 Å². The molecule has 0 unspecified atom stereocenters. The molecule has 2 aliphatic heterocycles. The molecule has 34 heavy (non-hydrogen) atoms. The van der Waals surface area contributed by atoms with Crippen LogP contribution in [0.2, 0.25) is 0 Å². The Balaban J connectivity index is 1.26. The van der Waals surface area contributed by atoms with Gasteiger partial charge in [-0.3, -0.25) is 4.79 Å². The molecule has 0 spiro atoms. The molecule has 0 N–H and O–H groups in total. The Bertz CT molecular complexity index is 1340. The number of para-hydroxylation sites is 1. The summed E-state index contributed by atoms with van der Waals surface area (Å²) in [5.41, 5.74) is 2.55. The Kier molecular flexibility index (Phi) is 5.58. The van der Waals surface area contributed by atoms with Gasteiger partial charge in [0, 0.05) is 0 Å². The normalized spacial score (nSPS) is 22.9. The molecule has 0 radical (unpaired) electrons. The topological polar surface area (TPSA) is 71.8 Å². The second-order valence-corrected chi connectivity index (χ2v) is 8.50. The van der Waals surface area contributed by atoms with E-state index in [4.69, 9.17) is 18.9 Å². The van der Waals surface area contributed by atoms with Crippen LogP contribution in [0.15, 0.2) is 89.7 Å². The molecular formula is C27H24N2O5. The van der Waals surface area contributed by atoms with Crippen LogP contribution in [-0.2, 0) is 27.4 Å². The lowest BCUT2D eigenvalue weighted by molar-refractivity contribution is -0.0864. The van der Waals surface area contributed by atoms with E-state index in [1.165, 1.54) is 4.57 Å². The first-order valence-electron chi connectivity index (χ1n) is 11.4. The van der Waals surface area contributed by atoms with Gasteiger partial charge in [-0.15, -0.1) is 0 Å². The number of rotatable bonds is 7. The fourth-order valence-electron chi connectivity index (χ4n) is 4.57. The number of hydrogen-bond acceptors (Lipinski definition) is 6. The summed E-state index contributed by atoms with van der Waals surface area (Å²) in [6, 6.07) is 27.4. The molecule has 7 nitrogen and oxygen atoms in total. The summed E-state index contributed by atoms with van der Waals surface area (Å²) >= 11 is 0. The van der Waals surface area contributed by atoms with Crippen LogP contribution in [0.4, 0.5) is 0 Å². The second-order valence-electron chi connectivity index (χ2n) is 8.50. The SMILES string of the molecule is O=c1c2ccccc2nc2n1[C@H]1O[C@H](COCc3ccccc3)[C@@H](OCc3ccccc3)[C@H]1O2. The molecule has 0 bridgehead atoms. The van der Waals surface area contributed by atoms with Crippen molar-refractivity contribution in [3.8, 4) is 6.01 Å². The molecule has 3 heterocycles. The van der Waals surface area contributed by atoms with Gasteiger partial charge in [0.15, 0.2) is 12.3 Å². The van der Waals surface area contributed by atoms with Crippen LogP contribution in [0.25, 0.3) is 10.9 Å². The van der Waals surface area contributed by atoms with Crippen molar-refractivity contribution in [1.29, 1.82) is 0 Å². The Labute approximate surface area is 196 Å². The first kappa shape index (κ1) is 21.0. The zero-order valence-electron chi connectivity index (χ0n) is 18.4. The highest BCUT2D eigenvalue weighted by molar-refractivity contribution is 5.77. The summed E-state index contributed by atoms with van der Waals surface area (Å²) < 4.78 is 26.3. The molecular weight excluding hydrogens is 432 g/mol. The molecule has 3 aromatic carbocycles. The zero-order chi connectivity index (χ0) is 22.9. The van der Waals surface area contributed by atoms with Gasteiger partial charge in [-0.05, 0) is 23.3 Å². The molecule has 0 saturated carbocycles. The summed E-state index contributed by atoms with van der Waals surface area (Å²) in [5, 5.41) is 0.532. The molecule has 172 valence electrons. The molecule has 4 aromatic rings. The highest BCUT2D eigenvalue weighted by atomic mass is 16.6. The molecule has 1 saturated heterocycles. The minimum atomic E-state index is -0.620. The van der Waals surface area contributed by atoms with Crippen molar-refractivity contribution < 1.29 is 18.9 Å². The molecule has 1 fully saturated rings. The number of benzene rings is 3. The number of ether oxygens (including phenoxy) is 4. The summed E-state index contributed by atoms with van der Waals surface area (Å²) in [4.78, 5) is 17.8. The fraction of sp³-hybridized carbons (Fsp3) is 0.259. The Morgan fingerprint density at radius 1 is 0.853 bits per heavy atom. The largest absolute Gasteiger partial charge is 0.453 e. The van der Waals surface area contributed by atoms with Crippen molar-refractivity contribution in [2.24, 2.45) is 0 Å². The van der Waals surface area contributed by atoms with E-state index in [9.17, 15) is 4.79 Å². The van der Waals surface area contributed by atoms with Crippen LogP contribution >= 0.6 is 0 Å². The summed E-state index contributed by atoms with van der Waals surface area (Å²) in [6.07, 6.45) is -1.93. The average molecular weight is 456 g/mol. The van der Waals surface area contributed by atoms with E-state index >= 15 is 0 Å². The quantitative estimate of drug-likeness (QED) is 0.421. The van der Waals surface area contributed by atoms with Crippen LogP contribution in [0.3, 0.4) is 0 Å². The van der Waals surface area contributed by atoms with Crippen LogP contribution in [-0.4, -0.2) is 34.5 Å². The molecule has 0 aliphatic carbocycles. The Hall–Kier alpha value is -3.52. The lowest BCUT2D eigenvalue weighted by atomic mass is 10.1. The molecule has 0 amide bonds. The Morgan fingerprint density at radius 3 is 2.29 bits per heavy atom. The number of fused-ring (bicyclic) bond motifs is 4. The minimum absolute atomic E-state index is 0.180. The summed E-state index contributed by atoms with van der Waals surface area (Å²) in [6.45, 7) is 1.18. The Morgan fingerprint density at radius 2 is 1.53 bits per heavy atom. The van der Waals surface area contributed by atoms with Gasteiger partial charge in [0.25, 0.3) is 5.56 Å². The van der Waals surface area contributed by atoms with Crippen LogP contribution in [0.1, 0.15) is 17.4 Å². The molecule has 1 aromatic heterocycles. The minimum Gasteiger partial charge on any atom is -0.453 e. The van der Waals surface area contributed by atoms with Gasteiger partial charge in [-0.1, -0.05) is 72.8 Å². The number of nitrogens with zero attached hydrogens (tertiary/aromatic N) is 2. The van der Waals surface area contributed by atoms with Gasteiger partial charge < -0.3 is 18.9 Å². The van der Waals surface area contributed by atoms with Crippen molar-refractivity contribution in [3.63, 3.8) is 0 Å². The van der Waals surface area contributed by atoms with Gasteiger partial charge in [0.05, 0.1) is 30.7 Å². The lowest BCUT2D eigenvalue weighted by Gasteiger charge is -2.22. The van der Waals surface area contributed by atoms with Gasteiger partial charge in [-0.2, -0.15) is 4.98 Å². The van der Waals surface area contributed by atoms with E-state index in [2.05, 4.69) is 4.98 Å². The standard InChI is InChI=1S/C27H24N2O5/c30-25-20-13-7-8-14-21(20)28-27-29(25)26-24(34-27)23(32-16-19-11-5-2-6-12-19)22(33-26)17-31-15-18-9-3-1-4-10-18/h1-14,22-24,26H,15-17H2/t22-,23-,24-,26+/m1/s1. The van der Waals surface area contributed by atoms with E-state index in [0.29, 0.717) is 30.7 Å². The molecule has 2 aliphatic rings. The van der Waals surface area contributed by atoms with E-state index in [1.54, 1.807) is 12.1 Å². The van der Waals surface area contributed by atoms with Gasteiger partial charge in [0.2, 0.25) is 0 Å². The predicted octanol–water partition coefficient (Wildman–Crippen LogP) is 3.86. The van der Waals surface area contributed by atoms with Crippen molar-refractivity contribution in [2.45, 2.75) is 37.8 Å². The van der Waals surface area contributed by atoms with Crippen molar-refractivity contribution in [2.75, 3.05) is 6.61 Å². The van der Waals surface area contributed by atoms with E-state index in [1.807, 2.05) is 72.8 Å². The maximum atomic E-state index is 13.2. The predicted molar refractivity (Wildman–Crippen MR) is 125 cm³/mol. The van der Waals surface area contributed by atoms with Crippen LogP contribution in [0, 0.1) is 0 Å². The highest BCUT2D eigenvalue weighted by Crippen LogP contribution is 2.40. The zero-order valence-corrected chi connectivity index (χ0v) is 18.4. The maximum Gasteiger partial charge on any atom is 0.302 e. The maximum absolute atomic E-state index is 13.2. The summed E-state index contributed by atoms with van der Waals surface area (Å²) in [5.74, 6) is 0. The lowest BCUT2D eigenvalue weighted by Crippen LogP contribution is -2.38. The van der Waals surface area contributed by atoms with Crippen LogP contribution < -0.4 is 10.3 Å². The third kappa shape index (κ3) is 3.88. The smallest absolute Gasteiger partial charge is 0.302 e. The van der Waals surface area contributed by atoms with E-state index in [-0.39, 0.29) is 11.6 Å². The third-order valence-electron chi connectivity index (χ3n) is 6.24. The monoisotopic (exact) mass is 456 g/mol. The van der Waals surface area contributed by atoms with Gasteiger partial charge in [0.1, 0.15) is 12.2 Å². The average Bonchev–Trinajstić information content (AvgIpc) is 3.39. The number of hydrogen-bond donors (Lipinski definition) is 0. The summed E-state index contributed by atoms with van der Waals surface area (Å²) in [7, 11) is 0. The first-order valence-corrected chi connectivity index (χ1v) is 11.4. The van der Waals surface area contributed by atoms with Gasteiger partial charge >= 0.3 is 6.01 Å². The highest BCUT2D eigenvalue weighted by Gasteiger charge is 2.53. The van der Waals surface area contributed by atoms with E-state index in [0.717, 1.165) is 11.1 Å².